The fourth-order valence-electron chi connectivity index (χ4n) is 0.661. The van der Waals surface area contributed by atoms with Crippen molar-refractivity contribution < 1.29 is 30.3 Å². The van der Waals surface area contributed by atoms with Crippen LogP contribution < -0.4 is 0 Å². The van der Waals surface area contributed by atoms with Crippen molar-refractivity contribution in [3.63, 3.8) is 0 Å². The van der Waals surface area contributed by atoms with Gasteiger partial charge in [0.15, 0.2) is 6.29 Å². The van der Waals surface area contributed by atoms with Gasteiger partial charge in [0.25, 0.3) is 0 Å². The predicted molar refractivity (Wildman–Crippen MR) is 45.1 cm³/mol. The first-order valence-electron chi connectivity index (χ1n) is 3.45. The molecule has 78 valence electrons. The number of hydrogen-bond acceptors (Lipinski definition) is 7. The standard InChI is InChI=1S/C6H12O6S/c7-1-2(8)3(9)4(10)5(11)6(12)13/h1-6,8-13H/t2-,3+,4-,5-,6?/m0/s1. The minimum absolute atomic E-state index is 0.00546. The van der Waals surface area contributed by atoms with E-state index in [0.29, 0.717) is 0 Å². The van der Waals surface area contributed by atoms with E-state index in [4.69, 9.17) is 25.5 Å². The fourth-order valence-corrected chi connectivity index (χ4v) is 0.837. The molecule has 0 aliphatic rings. The van der Waals surface area contributed by atoms with E-state index in [9.17, 15) is 4.79 Å². The van der Waals surface area contributed by atoms with Crippen LogP contribution in [0.1, 0.15) is 0 Å². The van der Waals surface area contributed by atoms with Gasteiger partial charge in [0, 0.05) is 0 Å². The summed E-state index contributed by atoms with van der Waals surface area (Å²) in [6.07, 6.45) is -7.24. The third-order valence-electron chi connectivity index (χ3n) is 1.49. The minimum atomic E-state index is -1.85. The quantitative estimate of drug-likeness (QED) is 0.163. The molecule has 1 unspecified atom stereocenters. The summed E-state index contributed by atoms with van der Waals surface area (Å²) in [5, 5.41) is 44.3. The molecule has 0 saturated carbocycles. The summed E-state index contributed by atoms with van der Waals surface area (Å²) in [5.41, 5.74) is -1.57. The van der Waals surface area contributed by atoms with Crippen molar-refractivity contribution in [3.8, 4) is 0 Å². The molecule has 0 aromatic heterocycles. The Bertz CT molecular complexity index is 163. The molecule has 0 aromatic carbocycles. The summed E-state index contributed by atoms with van der Waals surface area (Å²) >= 11 is 3.39. The molecule has 0 rings (SSSR count). The third kappa shape index (κ3) is 3.59. The molecule has 6 nitrogen and oxygen atoms in total. The van der Waals surface area contributed by atoms with E-state index in [-0.39, 0.29) is 6.29 Å². The Balaban J connectivity index is 4.23. The second-order valence-corrected chi connectivity index (χ2v) is 3.04. The summed E-state index contributed by atoms with van der Waals surface area (Å²) in [4.78, 5) is 9.96. The summed E-state index contributed by atoms with van der Waals surface area (Å²) in [6, 6.07) is 0. The SMILES string of the molecule is O=C[C@H](O)[C@@H](O)[C@H](O)[C@H](O)C(O)S. The number of carbonyl (C=O) groups excluding carboxylic acids is 1. The molecule has 0 aliphatic carbocycles. The summed E-state index contributed by atoms with van der Waals surface area (Å²) in [7, 11) is 0. The van der Waals surface area contributed by atoms with E-state index in [1.807, 2.05) is 0 Å². The van der Waals surface area contributed by atoms with Crippen LogP contribution in [0.3, 0.4) is 0 Å². The Morgan fingerprint density at radius 2 is 1.38 bits per heavy atom. The Morgan fingerprint density at radius 1 is 0.923 bits per heavy atom. The van der Waals surface area contributed by atoms with Gasteiger partial charge in [-0.25, -0.2) is 0 Å². The average molecular weight is 212 g/mol. The zero-order chi connectivity index (χ0) is 10.6. The zero-order valence-corrected chi connectivity index (χ0v) is 7.45. The molecule has 13 heavy (non-hydrogen) atoms. The van der Waals surface area contributed by atoms with Gasteiger partial charge in [-0.05, 0) is 0 Å². The first kappa shape index (κ1) is 12.8. The Morgan fingerprint density at radius 3 is 1.69 bits per heavy atom. The molecule has 0 amide bonds. The van der Waals surface area contributed by atoms with Crippen molar-refractivity contribution in [3.05, 3.63) is 0 Å². The van der Waals surface area contributed by atoms with Gasteiger partial charge >= 0.3 is 0 Å². The lowest BCUT2D eigenvalue weighted by atomic mass is 10.0. The van der Waals surface area contributed by atoms with E-state index < -0.39 is 29.9 Å². The zero-order valence-electron chi connectivity index (χ0n) is 6.56. The van der Waals surface area contributed by atoms with E-state index >= 15 is 0 Å². The number of carbonyl (C=O) groups is 1. The van der Waals surface area contributed by atoms with E-state index in [1.165, 1.54) is 0 Å². The number of aliphatic hydroxyl groups is 5. The molecule has 0 aromatic rings. The van der Waals surface area contributed by atoms with Crippen molar-refractivity contribution in [1.29, 1.82) is 0 Å². The monoisotopic (exact) mass is 212 g/mol. The van der Waals surface area contributed by atoms with Gasteiger partial charge in [-0.1, -0.05) is 0 Å². The van der Waals surface area contributed by atoms with Crippen molar-refractivity contribution in [1.82, 2.24) is 0 Å². The minimum Gasteiger partial charge on any atom is -0.387 e. The lowest BCUT2D eigenvalue weighted by Gasteiger charge is -2.25. The second kappa shape index (κ2) is 5.53. The van der Waals surface area contributed by atoms with Gasteiger partial charge in [-0.15, -0.1) is 12.6 Å². The first-order chi connectivity index (χ1) is 5.91. The number of aliphatic hydroxyl groups excluding tert-OH is 5. The van der Waals surface area contributed by atoms with Crippen molar-refractivity contribution in [2.75, 3.05) is 0 Å². The first-order valence-corrected chi connectivity index (χ1v) is 3.97. The normalized spacial score (nSPS) is 22.9. The molecule has 0 aliphatic heterocycles. The summed E-state index contributed by atoms with van der Waals surface area (Å²) in [5.74, 6) is 0. The third-order valence-corrected chi connectivity index (χ3v) is 1.80. The molecule has 0 radical (unpaired) electrons. The van der Waals surface area contributed by atoms with Crippen LogP contribution in [0.4, 0.5) is 0 Å². The number of rotatable bonds is 5. The fraction of sp³-hybridized carbons (Fsp3) is 0.833. The van der Waals surface area contributed by atoms with Gasteiger partial charge < -0.3 is 30.3 Å². The summed E-state index contributed by atoms with van der Waals surface area (Å²) in [6.45, 7) is 0. The molecule has 0 fully saturated rings. The maximum atomic E-state index is 9.96. The smallest absolute Gasteiger partial charge is 0.151 e. The van der Waals surface area contributed by atoms with Gasteiger partial charge in [0.1, 0.15) is 29.9 Å². The van der Waals surface area contributed by atoms with Crippen LogP contribution in [-0.2, 0) is 4.79 Å². The van der Waals surface area contributed by atoms with Crippen LogP contribution in [-0.4, -0.2) is 61.7 Å². The van der Waals surface area contributed by atoms with Crippen LogP contribution in [0.25, 0.3) is 0 Å². The molecule has 0 heterocycles. The Labute approximate surface area is 79.9 Å². The maximum absolute atomic E-state index is 9.96. The number of hydrogen-bond donors (Lipinski definition) is 6. The molecule has 0 bridgehead atoms. The lowest BCUT2D eigenvalue weighted by molar-refractivity contribution is -0.138. The van der Waals surface area contributed by atoms with Crippen LogP contribution in [0.5, 0.6) is 0 Å². The number of aldehydes is 1. The van der Waals surface area contributed by atoms with Crippen molar-refractivity contribution in [2.24, 2.45) is 0 Å². The highest BCUT2D eigenvalue weighted by molar-refractivity contribution is 7.80. The van der Waals surface area contributed by atoms with Crippen LogP contribution >= 0.6 is 12.6 Å². The predicted octanol–water partition coefficient (Wildman–Crippen LogP) is -3.12. The highest BCUT2D eigenvalue weighted by Gasteiger charge is 2.32. The number of thiol groups is 1. The molecule has 0 saturated heterocycles. The topological polar surface area (TPSA) is 118 Å². The maximum Gasteiger partial charge on any atom is 0.151 e. The van der Waals surface area contributed by atoms with E-state index in [2.05, 4.69) is 12.6 Å². The van der Waals surface area contributed by atoms with Gasteiger partial charge in [0.2, 0.25) is 0 Å². The largest absolute Gasteiger partial charge is 0.387 e. The van der Waals surface area contributed by atoms with Crippen LogP contribution in [0, 0.1) is 0 Å². The van der Waals surface area contributed by atoms with Gasteiger partial charge in [-0.3, -0.25) is 0 Å². The highest BCUT2D eigenvalue weighted by Crippen LogP contribution is 2.09. The molecule has 7 heteroatoms. The second-order valence-electron chi connectivity index (χ2n) is 2.51. The van der Waals surface area contributed by atoms with Crippen LogP contribution in [0.2, 0.25) is 0 Å². The molecular weight excluding hydrogens is 200 g/mol. The lowest BCUT2D eigenvalue weighted by Crippen LogP contribution is -2.48. The van der Waals surface area contributed by atoms with Crippen molar-refractivity contribution >= 4 is 18.9 Å². The molecule has 5 N–H and O–H groups in total. The molecular formula is C6H12O6S. The molecule has 0 spiro atoms. The van der Waals surface area contributed by atoms with Crippen LogP contribution in [0.15, 0.2) is 0 Å². The molecule has 5 atom stereocenters. The van der Waals surface area contributed by atoms with Gasteiger partial charge in [0.05, 0.1) is 0 Å². The van der Waals surface area contributed by atoms with Crippen molar-refractivity contribution in [2.45, 2.75) is 29.9 Å². The Kier molecular flexibility index (Phi) is 5.45. The van der Waals surface area contributed by atoms with Gasteiger partial charge in [-0.2, -0.15) is 0 Å². The van der Waals surface area contributed by atoms with E-state index in [0.717, 1.165) is 0 Å². The highest BCUT2D eigenvalue weighted by atomic mass is 32.1. The van der Waals surface area contributed by atoms with E-state index in [1.54, 1.807) is 0 Å². The average Bonchev–Trinajstić information content (AvgIpc) is 2.12. The Hall–Kier alpha value is -0.180. The summed E-state index contributed by atoms with van der Waals surface area (Å²) < 4.78 is 0.